The summed E-state index contributed by atoms with van der Waals surface area (Å²) in [6.45, 7) is 6.55. The van der Waals surface area contributed by atoms with Gasteiger partial charge in [-0.1, -0.05) is 19.9 Å². The van der Waals surface area contributed by atoms with Gasteiger partial charge in [0.15, 0.2) is 0 Å². The molecule has 2 bridgehead atoms. The van der Waals surface area contributed by atoms with Crippen LogP contribution in [-0.4, -0.2) is 38.6 Å². The summed E-state index contributed by atoms with van der Waals surface area (Å²) in [5.41, 5.74) is 4.88. The molecule has 0 spiro atoms. The standard InChI is InChI=1S/C24H32N2O2/c1-4-17-10-24(28)11-18(12-24)26(17)21(27)9-15(3)19-13-25-20-8-5-14(2)22(23(19)20)16-6-7-16/h5,8,13,15-18,25,28H,4,6-7,9-12H2,1-3H3. The van der Waals surface area contributed by atoms with Gasteiger partial charge < -0.3 is 15.0 Å². The molecule has 2 saturated carbocycles. The quantitative estimate of drug-likeness (QED) is 0.786. The van der Waals surface area contributed by atoms with E-state index in [2.05, 4.69) is 49.0 Å². The fourth-order valence-electron chi connectivity index (χ4n) is 5.91. The zero-order valence-electron chi connectivity index (χ0n) is 17.3. The lowest BCUT2D eigenvalue weighted by molar-refractivity contribution is -0.178. The molecule has 6 rings (SSSR count). The Morgan fingerprint density at radius 2 is 2.07 bits per heavy atom. The molecule has 4 aliphatic rings. The Hall–Kier alpha value is -1.81. The highest BCUT2D eigenvalue weighted by Gasteiger charge is 2.54. The minimum Gasteiger partial charge on any atom is -0.390 e. The second kappa shape index (κ2) is 6.35. The first-order valence-electron chi connectivity index (χ1n) is 11.0. The van der Waals surface area contributed by atoms with E-state index < -0.39 is 5.60 Å². The smallest absolute Gasteiger partial charge is 0.223 e. The summed E-state index contributed by atoms with van der Waals surface area (Å²) in [5.74, 6) is 1.15. The molecule has 4 nitrogen and oxygen atoms in total. The number of carbonyl (C=O) groups excluding carboxylic acids is 1. The fourth-order valence-corrected chi connectivity index (χ4v) is 5.91. The Bertz CT molecular complexity index is 920. The minimum absolute atomic E-state index is 0.193. The number of aliphatic hydroxyl groups is 1. The third-order valence-electron chi connectivity index (χ3n) is 7.53. The molecule has 150 valence electrons. The Morgan fingerprint density at radius 1 is 1.32 bits per heavy atom. The number of aromatic amines is 1. The lowest BCUT2D eigenvalue weighted by Crippen LogP contribution is -2.67. The maximum absolute atomic E-state index is 13.3. The average molecular weight is 381 g/mol. The molecule has 2 saturated heterocycles. The molecule has 1 amide bonds. The molecule has 1 aromatic carbocycles. The van der Waals surface area contributed by atoms with Crippen molar-refractivity contribution in [1.82, 2.24) is 9.88 Å². The average Bonchev–Trinajstić information content (AvgIpc) is 3.38. The summed E-state index contributed by atoms with van der Waals surface area (Å²) in [6.07, 6.45) is 8.46. The number of nitrogens with zero attached hydrogens (tertiary/aromatic N) is 1. The Balaban J connectivity index is 1.41. The molecule has 4 heteroatoms. The van der Waals surface area contributed by atoms with Gasteiger partial charge in [-0.15, -0.1) is 0 Å². The van der Waals surface area contributed by atoms with Crippen molar-refractivity contribution in [3.63, 3.8) is 0 Å². The van der Waals surface area contributed by atoms with Crippen molar-refractivity contribution in [2.45, 2.75) is 95.2 Å². The van der Waals surface area contributed by atoms with Crippen molar-refractivity contribution < 1.29 is 9.90 Å². The van der Waals surface area contributed by atoms with Crippen LogP contribution >= 0.6 is 0 Å². The second-order valence-corrected chi connectivity index (χ2v) is 9.70. The van der Waals surface area contributed by atoms with Crippen molar-refractivity contribution >= 4 is 16.8 Å². The number of piperidine rings is 2. The lowest BCUT2D eigenvalue weighted by atomic mass is 9.66. The van der Waals surface area contributed by atoms with Gasteiger partial charge in [0, 0.05) is 35.6 Å². The molecule has 2 unspecified atom stereocenters. The van der Waals surface area contributed by atoms with Crippen LogP contribution in [0.5, 0.6) is 0 Å². The normalized spacial score (nSPS) is 30.4. The van der Waals surface area contributed by atoms with Crippen LogP contribution in [0.25, 0.3) is 10.9 Å². The van der Waals surface area contributed by atoms with E-state index in [1.165, 1.54) is 40.4 Å². The van der Waals surface area contributed by atoms with E-state index >= 15 is 0 Å². The first-order valence-corrected chi connectivity index (χ1v) is 11.0. The molecule has 1 aromatic heterocycles. The summed E-state index contributed by atoms with van der Waals surface area (Å²) >= 11 is 0. The topological polar surface area (TPSA) is 56.3 Å². The van der Waals surface area contributed by atoms with Gasteiger partial charge in [-0.2, -0.15) is 0 Å². The molecule has 2 aromatic rings. The van der Waals surface area contributed by atoms with Gasteiger partial charge in [0.05, 0.1) is 5.60 Å². The molecular weight excluding hydrogens is 348 g/mol. The van der Waals surface area contributed by atoms with Gasteiger partial charge in [-0.25, -0.2) is 0 Å². The van der Waals surface area contributed by atoms with E-state index in [0.717, 1.165) is 25.7 Å². The summed E-state index contributed by atoms with van der Waals surface area (Å²) in [6, 6.07) is 4.85. The number of aromatic nitrogens is 1. The lowest BCUT2D eigenvalue weighted by Gasteiger charge is -2.58. The predicted molar refractivity (Wildman–Crippen MR) is 112 cm³/mol. The second-order valence-electron chi connectivity index (χ2n) is 9.70. The predicted octanol–water partition coefficient (Wildman–Crippen LogP) is 4.75. The highest BCUT2D eigenvalue weighted by molar-refractivity contribution is 5.90. The third kappa shape index (κ3) is 2.80. The largest absolute Gasteiger partial charge is 0.390 e. The van der Waals surface area contributed by atoms with Crippen molar-refractivity contribution in [2.75, 3.05) is 0 Å². The molecule has 28 heavy (non-hydrogen) atoms. The van der Waals surface area contributed by atoms with E-state index in [9.17, 15) is 9.90 Å². The van der Waals surface area contributed by atoms with Crippen LogP contribution < -0.4 is 0 Å². The summed E-state index contributed by atoms with van der Waals surface area (Å²) in [4.78, 5) is 18.9. The molecule has 2 N–H and O–H groups in total. The maximum atomic E-state index is 13.3. The van der Waals surface area contributed by atoms with Crippen molar-refractivity contribution in [3.05, 3.63) is 35.0 Å². The van der Waals surface area contributed by atoms with Gasteiger partial charge in [-0.3, -0.25) is 4.79 Å². The van der Waals surface area contributed by atoms with E-state index in [1.807, 2.05) is 0 Å². The molecule has 2 aliphatic carbocycles. The number of amides is 1. The molecule has 2 aliphatic heterocycles. The maximum Gasteiger partial charge on any atom is 0.223 e. The molecule has 4 fully saturated rings. The van der Waals surface area contributed by atoms with Gasteiger partial charge in [0.2, 0.25) is 5.91 Å². The molecule has 2 atom stereocenters. The van der Waals surface area contributed by atoms with E-state index in [-0.39, 0.29) is 23.9 Å². The number of rotatable bonds is 5. The van der Waals surface area contributed by atoms with Crippen LogP contribution in [-0.2, 0) is 4.79 Å². The van der Waals surface area contributed by atoms with Crippen LogP contribution in [0, 0.1) is 6.92 Å². The Kier molecular flexibility index (Phi) is 4.13. The van der Waals surface area contributed by atoms with Gasteiger partial charge in [-0.05, 0) is 80.0 Å². The van der Waals surface area contributed by atoms with Gasteiger partial charge >= 0.3 is 0 Å². The van der Waals surface area contributed by atoms with Gasteiger partial charge in [0.1, 0.15) is 0 Å². The van der Waals surface area contributed by atoms with Crippen LogP contribution in [0.15, 0.2) is 18.3 Å². The third-order valence-corrected chi connectivity index (χ3v) is 7.53. The molecule has 0 radical (unpaired) electrons. The molecule has 3 heterocycles. The zero-order valence-corrected chi connectivity index (χ0v) is 17.3. The van der Waals surface area contributed by atoms with Crippen LogP contribution in [0.2, 0.25) is 0 Å². The number of hydrogen-bond acceptors (Lipinski definition) is 2. The first-order chi connectivity index (χ1) is 13.4. The highest BCUT2D eigenvalue weighted by atomic mass is 16.3. The van der Waals surface area contributed by atoms with Crippen LogP contribution in [0.3, 0.4) is 0 Å². The number of nitrogens with one attached hydrogen (secondary N) is 1. The Morgan fingerprint density at radius 3 is 2.75 bits per heavy atom. The van der Waals surface area contributed by atoms with Crippen LogP contribution in [0.1, 0.15) is 87.3 Å². The summed E-state index contributed by atoms with van der Waals surface area (Å²) < 4.78 is 0. The summed E-state index contributed by atoms with van der Waals surface area (Å²) in [7, 11) is 0. The highest BCUT2D eigenvalue weighted by Crippen LogP contribution is 2.48. The summed E-state index contributed by atoms with van der Waals surface area (Å²) in [5, 5.41) is 11.8. The number of aryl methyl sites for hydroxylation is 1. The first kappa shape index (κ1) is 18.2. The monoisotopic (exact) mass is 380 g/mol. The number of benzene rings is 1. The Labute approximate surface area is 167 Å². The van der Waals surface area contributed by atoms with Crippen LogP contribution in [0.4, 0.5) is 0 Å². The van der Waals surface area contributed by atoms with E-state index in [0.29, 0.717) is 12.3 Å². The minimum atomic E-state index is -0.499. The number of hydrogen-bond donors (Lipinski definition) is 2. The fraction of sp³-hybridized carbons (Fsp3) is 0.625. The van der Waals surface area contributed by atoms with Crippen molar-refractivity contribution in [3.8, 4) is 0 Å². The molecular formula is C24H32N2O2. The van der Waals surface area contributed by atoms with E-state index in [1.54, 1.807) is 0 Å². The SMILES string of the molecule is CCC1CC2(O)CC(C2)N1C(=O)CC(C)c1c[nH]c2ccc(C)c(C3CC3)c12. The van der Waals surface area contributed by atoms with Crippen molar-refractivity contribution in [2.24, 2.45) is 0 Å². The van der Waals surface area contributed by atoms with Crippen molar-refractivity contribution in [1.29, 1.82) is 0 Å². The van der Waals surface area contributed by atoms with Gasteiger partial charge in [0.25, 0.3) is 0 Å². The van der Waals surface area contributed by atoms with E-state index in [4.69, 9.17) is 0 Å². The zero-order chi connectivity index (χ0) is 19.6. The number of fused-ring (bicyclic) bond motifs is 3. The number of carbonyl (C=O) groups is 1. The number of H-pyrrole nitrogens is 1.